The first-order valence-corrected chi connectivity index (χ1v) is 20.5. The van der Waals surface area contributed by atoms with Crippen LogP contribution in [0.3, 0.4) is 0 Å². The van der Waals surface area contributed by atoms with Crippen molar-refractivity contribution in [3.05, 3.63) is 59.7 Å². The first-order chi connectivity index (χ1) is 27.7. The summed E-state index contributed by atoms with van der Waals surface area (Å²) in [6.07, 6.45) is 8.40. The summed E-state index contributed by atoms with van der Waals surface area (Å²) >= 11 is 0. The van der Waals surface area contributed by atoms with Gasteiger partial charge >= 0.3 is 0 Å². The molecule has 0 spiro atoms. The van der Waals surface area contributed by atoms with Gasteiger partial charge in [0.25, 0.3) is 5.91 Å². The summed E-state index contributed by atoms with van der Waals surface area (Å²) in [7, 11) is 0. The molecule has 0 radical (unpaired) electrons. The number of halogens is 1. The van der Waals surface area contributed by atoms with Crippen LogP contribution in [0.4, 0.5) is 15.9 Å². The summed E-state index contributed by atoms with van der Waals surface area (Å²) in [6.45, 7) is 8.37. The number of rotatable bonds is 10. The molecule has 1 unspecified atom stereocenters. The second-order valence-electron chi connectivity index (χ2n) is 17.0. The molecule has 2 N–H and O–H groups in total. The highest BCUT2D eigenvalue weighted by Crippen LogP contribution is 2.41. The Morgan fingerprint density at radius 2 is 1.72 bits per heavy atom. The first-order valence-electron chi connectivity index (χ1n) is 20.5. The topological polar surface area (TPSA) is 149 Å². The number of piperidine rings is 2. The fourth-order valence-electron chi connectivity index (χ4n) is 9.27. The molecule has 10 rings (SSSR count). The molecule has 4 aliphatic heterocycles. The van der Waals surface area contributed by atoms with Crippen LogP contribution in [0.2, 0.25) is 0 Å². The fourth-order valence-corrected chi connectivity index (χ4v) is 9.27. The first kappa shape index (κ1) is 36.2. The Kier molecular flexibility index (Phi) is 9.11. The number of anilines is 2. The minimum absolute atomic E-state index is 0.0303. The van der Waals surface area contributed by atoms with Gasteiger partial charge in [-0.2, -0.15) is 5.10 Å². The summed E-state index contributed by atoms with van der Waals surface area (Å²) < 4.78 is 28.6. The number of aromatic amines is 1. The average Bonchev–Trinajstić information content (AvgIpc) is 3.61. The molecule has 2 aromatic heterocycles. The molecular weight excluding hydrogens is 730 g/mol. The molecular formula is C42H48FN9O5. The zero-order valence-corrected chi connectivity index (χ0v) is 32.2. The molecule has 5 fully saturated rings. The Morgan fingerprint density at radius 3 is 2.49 bits per heavy atom. The van der Waals surface area contributed by atoms with Gasteiger partial charge < -0.3 is 24.2 Å². The van der Waals surface area contributed by atoms with Crippen LogP contribution in [-0.4, -0.2) is 117 Å². The number of nitrogens with zero attached hydrogens (tertiary/aromatic N) is 7. The van der Waals surface area contributed by atoms with Crippen LogP contribution >= 0.6 is 0 Å². The molecule has 0 bridgehead atoms. The Labute approximate surface area is 330 Å². The third-order valence-corrected chi connectivity index (χ3v) is 13.0. The second-order valence-corrected chi connectivity index (χ2v) is 17.0. The minimum atomic E-state index is -0.763. The summed E-state index contributed by atoms with van der Waals surface area (Å²) in [5.74, 6) is 0.805. The lowest BCUT2D eigenvalue weighted by atomic mass is 9.81. The number of hydrogen-bond acceptors (Lipinski definition) is 11. The van der Waals surface area contributed by atoms with Gasteiger partial charge in [0, 0.05) is 74.8 Å². The van der Waals surface area contributed by atoms with Gasteiger partial charge in [-0.05, 0) is 88.1 Å². The molecule has 298 valence electrons. The Balaban J connectivity index is 0.671. The number of carbonyl (C=O) groups is 3. The van der Waals surface area contributed by atoms with Gasteiger partial charge in [-0.1, -0.05) is 0 Å². The fraction of sp³-hybridized carbons (Fsp3) is 0.524. The van der Waals surface area contributed by atoms with E-state index >= 15 is 4.39 Å². The summed E-state index contributed by atoms with van der Waals surface area (Å²) in [5, 5.41) is 11.0. The van der Waals surface area contributed by atoms with Crippen molar-refractivity contribution in [3.8, 4) is 17.1 Å². The number of piperazine rings is 1. The lowest BCUT2D eigenvalue weighted by Gasteiger charge is -2.43. The maximum atomic E-state index is 15.9. The van der Waals surface area contributed by atoms with Gasteiger partial charge in [0.2, 0.25) is 11.8 Å². The molecule has 1 atom stereocenters. The van der Waals surface area contributed by atoms with E-state index < -0.39 is 17.8 Å². The summed E-state index contributed by atoms with van der Waals surface area (Å²) in [5.41, 5.74) is 3.64. The zero-order valence-electron chi connectivity index (χ0n) is 32.2. The number of imide groups is 1. The van der Waals surface area contributed by atoms with Gasteiger partial charge in [0.15, 0.2) is 5.82 Å². The third-order valence-electron chi connectivity index (χ3n) is 13.0. The lowest BCUT2D eigenvalue weighted by Crippen LogP contribution is -2.52. The number of amides is 3. The number of carbonyl (C=O) groups excluding carboxylic acids is 3. The van der Waals surface area contributed by atoms with E-state index in [1.165, 1.54) is 4.90 Å². The molecule has 6 aliphatic rings. The lowest BCUT2D eigenvalue weighted by molar-refractivity contribution is -0.136. The van der Waals surface area contributed by atoms with Crippen molar-refractivity contribution in [1.82, 2.24) is 35.3 Å². The van der Waals surface area contributed by atoms with Crippen LogP contribution < -0.4 is 19.9 Å². The molecule has 15 heteroatoms. The zero-order chi connectivity index (χ0) is 38.8. The Morgan fingerprint density at radius 1 is 0.912 bits per heavy atom. The van der Waals surface area contributed by atoms with Gasteiger partial charge in [0.1, 0.15) is 29.5 Å². The summed E-state index contributed by atoms with van der Waals surface area (Å²) in [6, 6.07) is 10.7. The molecule has 3 saturated heterocycles. The van der Waals surface area contributed by atoms with Crippen molar-refractivity contribution in [2.45, 2.75) is 88.7 Å². The van der Waals surface area contributed by atoms with Gasteiger partial charge in [-0.3, -0.25) is 29.7 Å². The molecule has 2 saturated carbocycles. The summed E-state index contributed by atoms with van der Waals surface area (Å²) in [4.78, 5) is 54.7. The Hall–Kier alpha value is -5.15. The SMILES string of the molecule is CC1(Oc2ccc3n[nH]c(-c4cc(N5CCN(C[C@H]6C[C@H](OC7CCN(c8ccc9c(c8F)CN(C8CCC(=O)NC8=O)C9=O)CC7)C6)CC5)ncn4)c3c2)CC1. The molecule has 57 heavy (non-hydrogen) atoms. The van der Waals surface area contributed by atoms with Crippen LogP contribution in [0, 0.1) is 11.7 Å². The number of H-pyrrole nitrogens is 1. The maximum absolute atomic E-state index is 15.9. The van der Waals surface area contributed by atoms with Crippen molar-refractivity contribution < 1.29 is 28.2 Å². The number of hydrogen-bond donors (Lipinski definition) is 2. The van der Waals surface area contributed by atoms with E-state index in [9.17, 15) is 14.4 Å². The molecule has 2 aliphatic carbocycles. The van der Waals surface area contributed by atoms with E-state index in [0.717, 1.165) is 105 Å². The van der Waals surface area contributed by atoms with Crippen LogP contribution in [0.1, 0.15) is 74.2 Å². The number of aromatic nitrogens is 4. The van der Waals surface area contributed by atoms with E-state index in [4.69, 9.17) is 9.47 Å². The average molecular weight is 778 g/mol. The van der Waals surface area contributed by atoms with E-state index in [0.29, 0.717) is 35.8 Å². The third kappa shape index (κ3) is 7.09. The van der Waals surface area contributed by atoms with E-state index in [2.05, 4.69) is 54.3 Å². The monoisotopic (exact) mass is 777 g/mol. The largest absolute Gasteiger partial charge is 0.488 e. The van der Waals surface area contributed by atoms with Crippen molar-refractivity contribution in [2.75, 3.05) is 55.6 Å². The predicted octanol–water partition coefficient (Wildman–Crippen LogP) is 4.44. The molecule has 3 amide bonds. The minimum Gasteiger partial charge on any atom is -0.488 e. The van der Waals surface area contributed by atoms with E-state index in [1.807, 2.05) is 17.0 Å². The van der Waals surface area contributed by atoms with Crippen molar-refractivity contribution in [3.63, 3.8) is 0 Å². The highest BCUT2D eigenvalue weighted by Gasteiger charge is 2.42. The van der Waals surface area contributed by atoms with Crippen LogP contribution in [-0.2, 0) is 20.9 Å². The molecule has 6 heterocycles. The highest BCUT2D eigenvalue weighted by atomic mass is 19.1. The normalized spacial score (nSPS) is 25.1. The van der Waals surface area contributed by atoms with E-state index in [1.54, 1.807) is 18.5 Å². The van der Waals surface area contributed by atoms with Crippen LogP contribution in [0.25, 0.3) is 22.3 Å². The molecule has 4 aromatic rings. The number of ether oxygens (including phenoxy) is 2. The number of fused-ring (bicyclic) bond motifs is 2. The standard InChI is InChI=1S/C42H48FN9O5/c1-42(10-11-42)57-27-2-4-32-30(20-27)39(48-47-32)33-21-36(45-24-44-33)51-16-14-49(15-17-51)22-25-18-28(19-25)56-26-8-12-50(13-9-26)34-5-3-29-31(38(34)43)23-52(41(29)55)35-6-7-37(53)46-40(35)54/h2-5,20-21,24-26,28,35H,6-19,22-23H2,1H3,(H,47,48)(H,46,53,54)/t25-,28-,35?. The number of nitrogens with one attached hydrogen (secondary N) is 2. The predicted molar refractivity (Wildman–Crippen MR) is 209 cm³/mol. The van der Waals surface area contributed by atoms with Crippen molar-refractivity contribution in [1.29, 1.82) is 0 Å². The van der Waals surface area contributed by atoms with Crippen LogP contribution in [0.5, 0.6) is 5.75 Å². The molecule has 14 nitrogen and oxygen atoms in total. The Bertz CT molecular complexity index is 2220. The van der Waals surface area contributed by atoms with E-state index in [-0.39, 0.29) is 49.0 Å². The number of benzene rings is 2. The quantitative estimate of drug-likeness (QED) is 0.220. The van der Waals surface area contributed by atoms with Gasteiger partial charge in [-0.15, -0.1) is 0 Å². The maximum Gasteiger partial charge on any atom is 0.255 e. The highest BCUT2D eigenvalue weighted by molar-refractivity contribution is 6.05. The van der Waals surface area contributed by atoms with Crippen molar-refractivity contribution in [2.24, 2.45) is 5.92 Å². The van der Waals surface area contributed by atoms with Gasteiger partial charge in [-0.25, -0.2) is 14.4 Å². The molecule has 2 aromatic carbocycles. The van der Waals surface area contributed by atoms with Crippen molar-refractivity contribution >= 4 is 40.1 Å². The van der Waals surface area contributed by atoms with Gasteiger partial charge in [0.05, 0.1) is 41.3 Å². The van der Waals surface area contributed by atoms with Crippen LogP contribution in [0.15, 0.2) is 42.7 Å². The second kappa shape index (κ2) is 14.3. The smallest absolute Gasteiger partial charge is 0.255 e.